The van der Waals surface area contributed by atoms with Crippen molar-refractivity contribution >= 4 is 11.5 Å². The molecule has 1 aromatic carbocycles. The normalized spacial score (nSPS) is 13.6. The van der Waals surface area contributed by atoms with E-state index in [9.17, 15) is 4.79 Å². The molecule has 0 fully saturated rings. The second-order valence-corrected chi connectivity index (χ2v) is 5.52. The Morgan fingerprint density at radius 3 is 2.77 bits per heavy atom. The molecule has 0 unspecified atom stereocenters. The van der Waals surface area contributed by atoms with Crippen molar-refractivity contribution in [3.05, 3.63) is 47.1 Å². The molecule has 0 amide bonds. The van der Waals surface area contributed by atoms with Crippen molar-refractivity contribution in [3.63, 3.8) is 0 Å². The minimum Gasteiger partial charge on any atom is -0.497 e. The summed E-state index contributed by atoms with van der Waals surface area (Å²) in [6, 6.07) is 6.23. The molecule has 0 saturated carbocycles. The molecule has 1 aliphatic rings. The van der Waals surface area contributed by atoms with Crippen LogP contribution in [0.1, 0.15) is 43.7 Å². The molecular formula is C19H24O3. The molecule has 1 aromatic rings. The summed E-state index contributed by atoms with van der Waals surface area (Å²) in [6.45, 7) is 2.21. The molecule has 3 heteroatoms. The number of rotatable bonds is 7. The topological polar surface area (TPSA) is 35.5 Å². The zero-order valence-corrected chi connectivity index (χ0v) is 13.6. The van der Waals surface area contributed by atoms with E-state index in [0.29, 0.717) is 0 Å². The van der Waals surface area contributed by atoms with Crippen molar-refractivity contribution in [1.29, 1.82) is 0 Å². The average molecular weight is 300 g/mol. The van der Waals surface area contributed by atoms with E-state index in [0.717, 1.165) is 18.6 Å². The Bertz CT molecular complexity index is 597. The Morgan fingerprint density at radius 1 is 1.27 bits per heavy atom. The Kier molecular flexibility index (Phi) is 5.82. The molecule has 0 radical (unpaired) electrons. The van der Waals surface area contributed by atoms with Crippen LogP contribution in [-0.4, -0.2) is 20.2 Å². The third-order valence-electron chi connectivity index (χ3n) is 4.06. The van der Waals surface area contributed by atoms with Crippen molar-refractivity contribution in [1.82, 2.24) is 0 Å². The van der Waals surface area contributed by atoms with E-state index in [1.165, 1.54) is 54.7 Å². The van der Waals surface area contributed by atoms with E-state index < -0.39 is 0 Å². The van der Waals surface area contributed by atoms with E-state index in [-0.39, 0.29) is 5.97 Å². The number of fused-ring (bicyclic) bond motifs is 1. The van der Waals surface area contributed by atoms with E-state index in [1.54, 1.807) is 7.11 Å². The number of carbonyl (C=O) groups is 1. The number of hydrogen-bond acceptors (Lipinski definition) is 3. The standard InChI is InChI=1S/C19H24O3/c1-4-5-6-7-17-14(8-11-19(20)22-3)12-15-13-16(21-2)9-10-18(15)17/h8-11,13H,4-7,12H2,1-3H3. The molecule has 22 heavy (non-hydrogen) atoms. The molecule has 118 valence electrons. The number of benzene rings is 1. The fourth-order valence-electron chi connectivity index (χ4n) is 2.87. The molecule has 0 atom stereocenters. The number of hydrogen-bond donors (Lipinski definition) is 0. The number of unbranched alkanes of at least 4 members (excludes halogenated alkanes) is 2. The first-order chi connectivity index (χ1) is 10.7. The van der Waals surface area contributed by atoms with Gasteiger partial charge in [0.25, 0.3) is 0 Å². The van der Waals surface area contributed by atoms with Crippen molar-refractivity contribution in [2.24, 2.45) is 0 Å². The summed E-state index contributed by atoms with van der Waals surface area (Å²) >= 11 is 0. The van der Waals surface area contributed by atoms with Gasteiger partial charge in [-0.2, -0.15) is 0 Å². The van der Waals surface area contributed by atoms with Crippen LogP contribution in [0.2, 0.25) is 0 Å². The highest BCUT2D eigenvalue weighted by molar-refractivity contribution is 5.85. The van der Waals surface area contributed by atoms with E-state index in [2.05, 4.69) is 23.8 Å². The minimum atomic E-state index is -0.311. The molecule has 1 aliphatic carbocycles. The third kappa shape index (κ3) is 3.79. The summed E-state index contributed by atoms with van der Waals surface area (Å²) in [7, 11) is 3.09. The molecular weight excluding hydrogens is 276 g/mol. The Hall–Kier alpha value is -2.03. The summed E-state index contributed by atoms with van der Waals surface area (Å²) in [5.74, 6) is 0.568. The molecule has 2 rings (SSSR count). The lowest BCUT2D eigenvalue weighted by molar-refractivity contribution is -0.134. The van der Waals surface area contributed by atoms with Crippen molar-refractivity contribution in [2.75, 3.05) is 14.2 Å². The lowest BCUT2D eigenvalue weighted by Gasteiger charge is -2.08. The van der Waals surface area contributed by atoms with Gasteiger partial charge < -0.3 is 9.47 Å². The summed E-state index contributed by atoms with van der Waals surface area (Å²) in [5, 5.41) is 0. The predicted octanol–water partition coefficient (Wildman–Crippen LogP) is 4.31. The van der Waals surface area contributed by atoms with Gasteiger partial charge in [0.1, 0.15) is 5.75 Å². The lowest BCUT2D eigenvalue weighted by atomic mass is 9.99. The van der Waals surface area contributed by atoms with Gasteiger partial charge in [-0.3, -0.25) is 0 Å². The Balaban J connectivity index is 2.27. The van der Waals surface area contributed by atoms with Crippen LogP contribution in [0.3, 0.4) is 0 Å². The monoisotopic (exact) mass is 300 g/mol. The molecule has 0 aliphatic heterocycles. The first-order valence-electron chi connectivity index (χ1n) is 7.85. The first kappa shape index (κ1) is 16.3. The van der Waals surface area contributed by atoms with Crippen molar-refractivity contribution < 1.29 is 14.3 Å². The van der Waals surface area contributed by atoms with Crippen LogP contribution in [0.25, 0.3) is 5.57 Å². The van der Waals surface area contributed by atoms with Crippen LogP contribution in [0.5, 0.6) is 5.75 Å². The van der Waals surface area contributed by atoms with Crippen molar-refractivity contribution in [2.45, 2.75) is 39.0 Å². The second kappa shape index (κ2) is 7.83. The second-order valence-electron chi connectivity index (χ2n) is 5.52. The zero-order valence-electron chi connectivity index (χ0n) is 13.6. The predicted molar refractivity (Wildman–Crippen MR) is 88.9 cm³/mol. The number of ether oxygens (including phenoxy) is 2. The maximum absolute atomic E-state index is 11.4. The maximum Gasteiger partial charge on any atom is 0.330 e. The SMILES string of the molecule is CCCCCC1=C(C=CC(=O)OC)Cc2cc(OC)ccc21. The molecule has 0 N–H and O–H groups in total. The van der Waals surface area contributed by atoms with Gasteiger partial charge in [-0.1, -0.05) is 31.9 Å². The van der Waals surface area contributed by atoms with Gasteiger partial charge in [0.15, 0.2) is 0 Å². The van der Waals surface area contributed by atoms with Gasteiger partial charge in [-0.25, -0.2) is 4.79 Å². The van der Waals surface area contributed by atoms with Crippen LogP contribution in [0, 0.1) is 0 Å². The largest absolute Gasteiger partial charge is 0.497 e. The molecule has 0 bridgehead atoms. The van der Waals surface area contributed by atoms with Crippen molar-refractivity contribution in [3.8, 4) is 5.75 Å². The quantitative estimate of drug-likeness (QED) is 0.427. The third-order valence-corrected chi connectivity index (χ3v) is 4.06. The van der Waals surface area contributed by atoms with E-state index >= 15 is 0 Å². The highest BCUT2D eigenvalue weighted by Gasteiger charge is 2.20. The molecule has 0 heterocycles. The lowest BCUT2D eigenvalue weighted by Crippen LogP contribution is -1.94. The average Bonchev–Trinajstić information content (AvgIpc) is 2.89. The fourth-order valence-corrected chi connectivity index (χ4v) is 2.87. The van der Waals surface area contributed by atoms with E-state index in [1.807, 2.05) is 12.1 Å². The summed E-state index contributed by atoms with van der Waals surface area (Å²) < 4.78 is 10.0. The Labute approximate surface area is 132 Å². The summed E-state index contributed by atoms with van der Waals surface area (Å²) in [4.78, 5) is 11.4. The summed E-state index contributed by atoms with van der Waals surface area (Å²) in [6.07, 6.45) is 8.92. The van der Waals surface area contributed by atoms with Gasteiger partial charge in [0, 0.05) is 6.08 Å². The molecule has 0 aromatic heterocycles. The van der Waals surface area contributed by atoms with Gasteiger partial charge in [0.2, 0.25) is 0 Å². The zero-order chi connectivity index (χ0) is 15.9. The van der Waals surface area contributed by atoms with Crippen LogP contribution < -0.4 is 4.74 Å². The van der Waals surface area contributed by atoms with Crippen LogP contribution >= 0.6 is 0 Å². The van der Waals surface area contributed by atoms with Crippen LogP contribution in [0.4, 0.5) is 0 Å². The number of esters is 1. The van der Waals surface area contributed by atoms with E-state index in [4.69, 9.17) is 4.74 Å². The van der Waals surface area contributed by atoms with Crippen LogP contribution in [0.15, 0.2) is 35.9 Å². The van der Waals surface area contributed by atoms with Gasteiger partial charge in [-0.15, -0.1) is 0 Å². The Morgan fingerprint density at radius 2 is 2.09 bits per heavy atom. The molecule has 3 nitrogen and oxygen atoms in total. The highest BCUT2D eigenvalue weighted by Crippen LogP contribution is 2.38. The number of methoxy groups -OCH3 is 2. The van der Waals surface area contributed by atoms with Gasteiger partial charge in [-0.05, 0) is 53.7 Å². The van der Waals surface area contributed by atoms with Gasteiger partial charge in [0.05, 0.1) is 14.2 Å². The maximum atomic E-state index is 11.4. The van der Waals surface area contributed by atoms with Crippen LogP contribution in [-0.2, 0) is 16.0 Å². The minimum absolute atomic E-state index is 0.311. The molecule has 0 saturated heterocycles. The fraction of sp³-hybridized carbons (Fsp3) is 0.421. The highest BCUT2D eigenvalue weighted by atomic mass is 16.5. The number of allylic oxidation sites excluding steroid dienone is 3. The smallest absolute Gasteiger partial charge is 0.330 e. The van der Waals surface area contributed by atoms with Gasteiger partial charge >= 0.3 is 5.97 Å². The summed E-state index contributed by atoms with van der Waals surface area (Å²) in [5.41, 5.74) is 5.13. The first-order valence-corrected chi connectivity index (χ1v) is 7.85. The number of carbonyl (C=O) groups excluding carboxylic acids is 1. The molecule has 0 spiro atoms.